The van der Waals surface area contributed by atoms with Crippen LogP contribution >= 0.6 is 11.3 Å². The van der Waals surface area contributed by atoms with Crippen molar-refractivity contribution in [3.63, 3.8) is 0 Å². The van der Waals surface area contributed by atoms with Crippen LogP contribution in [-0.2, 0) is 19.6 Å². The topological polar surface area (TPSA) is 72.8 Å². The number of hydrogen-bond acceptors (Lipinski definition) is 5. The number of halogens is 1. The van der Waals surface area contributed by atoms with Gasteiger partial charge in [-0.1, -0.05) is 24.3 Å². The first-order valence-electron chi connectivity index (χ1n) is 9.03. The third-order valence-electron chi connectivity index (χ3n) is 4.52. The summed E-state index contributed by atoms with van der Waals surface area (Å²) in [5.74, 6) is 0.276. The molecule has 4 aromatic rings. The van der Waals surface area contributed by atoms with Crippen LogP contribution in [0.3, 0.4) is 0 Å². The second-order valence-electron chi connectivity index (χ2n) is 6.73. The molecule has 2 aromatic carbocycles. The number of nitrogens with one attached hydrogen (secondary N) is 1. The van der Waals surface area contributed by atoms with Gasteiger partial charge in [-0.3, -0.25) is 9.69 Å². The average molecular weight is 404 g/mol. The minimum atomic E-state index is -0.285. The number of thiophene rings is 1. The number of aromatic nitrogens is 2. The van der Waals surface area contributed by atoms with Gasteiger partial charge in [-0.25, -0.2) is 9.37 Å². The first kappa shape index (κ1) is 19.0. The summed E-state index contributed by atoms with van der Waals surface area (Å²) in [6, 6.07) is 17.7. The van der Waals surface area contributed by atoms with Crippen molar-refractivity contribution in [1.29, 1.82) is 5.26 Å². The molecule has 0 saturated carbocycles. The smallest absolute Gasteiger partial charge is 0.268 e. The molecule has 0 aliphatic carbocycles. The SMILES string of the molecule is N#Cc1ccc(CN(Cc2cccc(F)c2)Cc2nc3ccsc3c(=O)[nH]2)cc1. The summed E-state index contributed by atoms with van der Waals surface area (Å²) in [5, 5.41) is 10.8. The molecular weight excluding hydrogens is 387 g/mol. The standard InChI is InChI=1S/C22H17FN4OS/c23-18-3-1-2-17(10-18)13-27(12-16-6-4-15(11-24)5-7-16)14-20-25-19-8-9-29-21(19)22(28)26-20/h1-10H,12-14H2,(H,25,26,28). The van der Waals surface area contributed by atoms with Crippen LogP contribution in [0, 0.1) is 17.1 Å². The van der Waals surface area contributed by atoms with Crippen molar-refractivity contribution in [3.8, 4) is 6.07 Å². The van der Waals surface area contributed by atoms with Crippen LogP contribution in [0.2, 0.25) is 0 Å². The maximum Gasteiger partial charge on any atom is 0.268 e. The molecule has 4 rings (SSSR count). The molecule has 0 spiro atoms. The van der Waals surface area contributed by atoms with Crippen molar-refractivity contribution in [2.24, 2.45) is 0 Å². The lowest BCUT2D eigenvalue weighted by molar-refractivity contribution is 0.241. The van der Waals surface area contributed by atoms with Crippen LogP contribution in [0.15, 0.2) is 64.8 Å². The van der Waals surface area contributed by atoms with Gasteiger partial charge in [0.1, 0.15) is 16.3 Å². The summed E-state index contributed by atoms with van der Waals surface area (Å²) >= 11 is 1.36. The van der Waals surface area contributed by atoms with Crippen molar-refractivity contribution >= 4 is 21.6 Å². The van der Waals surface area contributed by atoms with Crippen LogP contribution in [-0.4, -0.2) is 14.9 Å². The summed E-state index contributed by atoms with van der Waals surface area (Å²) in [6.45, 7) is 1.45. The van der Waals surface area contributed by atoms with E-state index in [1.807, 2.05) is 29.6 Å². The monoisotopic (exact) mass is 404 g/mol. The van der Waals surface area contributed by atoms with Crippen LogP contribution in [0.25, 0.3) is 10.2 Å². The molecule has 5 nitrogen and oxygen atoms in total. The first-order chi connectivity index (χ1) is 14.1. The van der Waals surface area contributed by atoms with E-state index in [0.29, 0.717) is 41.2 Å². The Kier molecular flexibility index (Phi) is 5.47. The Hall–Kier alpha value is -3.34. The first-order valence-corrected chi connectivity index (χ1v) is 9.91. The van der Waals surface area contributed by atoms with E-state index in [1.54, 1.807) is 18.2 Å². The molecule has 0 fully saturated rings. The maximum atomic E-state index is 13.6. The van der Waals surface area contributed by atoms with E-state index in [2.05, 4.69) is 20.9 Å². The predicted molar refractivity (Wildman–Crippen MR) is 111 cm³/mol. The van der Waals surface area contributed by atoms with Gasteiger partial charge in [0.15, 0.2) is 0 Å². The van der Waals surface area contributed by atoms with Gasteiger partial charge in [0.2, 0.25) is 0 Å². The highest BCUT2D eigenvalue weighted by molar-refractivity contribution is 7.17. The lowest BCUT2D eigenvalue weighted by atomic mass is 10.1. The van der Waals surface area contributed by atoms with E-state index >= 15 is 0 Å². The van der Waals surface area contributed by atoms with Crippen molar-refractivity contribution < 1.29 is 4.39 Å². The summed E-state index contributed by atoms with van der Waals surface area (Å²) in [4.78, 5) is 21.8. The van der Waals surface area contributed by atoms with Crippen molar-refractivity contribution in [2.45, 2.75) is 19.6 Å². The third kappa shape index (κ3) is 4.57. The van der Waals surface area contributed by atoms with Gasteiger partial charge in [-0.05, 0) is 46.8 Å². The fourth-order valence-electron chi connectivity index (χ4n) is 3.21. The number of aromatic amines is 1. The zero-order chi connectivity index (χ0) is 20.2. The third-order valence-corrected chi connectivity index (χ3v) is 5.42. The number of fused-ring (bicyclic) bond motifs is 1. The Bertz CT molecular complexity index is 1240. The predicted octanol–water partition coefficient (Wildman–Crippen LogP) is 4.20. The second kappa shape index (κ2) is 8.35. The van der Waals surface area contributed by atoms with Crippen LogP contribution < -0.4 is 5.56 Å². The fourth-order valence-corrected chi connectivity index (χ4v) is 3.94. The molecule has 2 heterocycles. The van der Waals surface area contributed by atoms with Gasteiger partial charge in [0.05, 0.1) is 23.7 Å². The van der Waals surface area contributed by atoms with Crippen molar-refractivity contribution in [3.05, 3.63) is 98.7 Å². The van der Waals surface area contributed by atoms with Gasteiger partial charge in [0.25, 0.3) is 5.56 Å². The lowest BCUT2D eigenvalue weighted by Gasteiger charge is -2.22. The van der Waals surface area contributed by atoms with Crippen LogP contribution in [0.5, 0.6) is 0 Å². The maximum absolute atomic E-state index is 13.6. The zero-order valence-electron chi connectivity index (χ0n) is 15.4. The van der Waals surface area contributed by atoms with Crippen LogP contribution in [0.4, 0.5) is 4.39 Å². The number of benzene rings is 2. The highest BCUT2D eigenvalue weighted by Gasteiger charge is 2.12. The molecule has 0 bridgehead atoms. The Balaban J connectivity index is 1.62. The van der Waals surface area contributed by atoms with E-state index in [0.717, 1.165) is 11.1 Å². The number of hydrogen-bond donors (Lipinski definition) is 1. The molecule has 0 radical (unpaired) electrons. The van der Waals surface area contributed by atoms with E-state index < -0.39 is 0 Å². The molecule has 0 aliphatic rings. The summed E-state index contributed by atoms with van der Waals surface area (Å²) in [6.07, 6.45) is 0. The van der Waals surface area contributed by atoms with Crippen molar-refractivity contribution in [2.75, 3.05) is 0 Å². The van der Waals surface area contributed by atoms with Crippen LogP contribution in [0.1, 0.15) is 22.5 Å². The Morgan fingerprint density at radius 2 is 1.86 bits per heavy atom. The van der Waals surface area contributed by atoms with Gasteiger partial charge in [0, 0.05) is 13.1 Å². The quantitative estimate of drug-likeness (QED) is 0.523. The zero-order valence-corrected chi connectivity index (χ0v) is 16.2. The minimum absolute atomic E-state index is 0.149. The average Bonchev–Trinajstić information content (AvgIpc) is 3.18. The molecule has 144 valence electrons. The van der Waals surface area contributed by atoms with Gasteiger partial charge in [-0.2, -0.15) is 5.26 Å². The molecule has 0 atom stereocenters. The molecule has 2 aromatic heterocycles. The Labute approximate surface area is 170 Å². The summed E-state index contributed by atoms with van der Waals surface area (Å²) < 4.78 is 14.2. The number of nitriles is 1. The van der Waals surface area contributed by atoms with Crippen molar-refractivity contribution in [1.82, 2.24) is 14.9 Å². The summed E-state index contributed by atoms with van der Waals surface area (Å²) in [7, 11) is 0. The molecule has 29 heavy (non-hydrogen) atoms. The van der Waals surface area contributed by atoms with E-state index in [1.165, 1.54) is 23.5 Å². The number of rotatable bonds is 6. The number of H-pyrrole nitrogens is 1. The second-order valence-corrected chi connectivity index (χ2v) is 7.65. The Morgan fingerprint density at radius 3 is 2.62 bits per heavy atom. The molecule has 0 aliphatic heterocycles. The lowest BCUT2D eigenvalue weighted by Crippen LogP contribution is -2.25. The molecule has 0 amide bonds. The highest BCUT2D eigenvalue weighted by Crippen LogP contribution is 2.17. The highest BCUT2D eigenvalue weighted by atomic mass is 32.1. The minimum Gasteiger partial charge on any atom is -0.308 e. The van der Waals surface area contributed by atoms with Gasteiger partial charge >= 0.3 is 0 Å². The molecule has 7 heteroatoms. The largest absolute Gasteiger partial charge is 0.308 e. The molecule has 0 saturated heterocycles. The van der Waals surface area contributed by atoms with E-state index in [-0.39, 0.29) is 11.4 Å². The normalized spacial score (nSPS) is 11.1. The fraction of sp³-hybridized carbons (Fsp3) is 0.136. The Morgan fingerprint density at radius 1 is 1.07 bits per heavy atom. The van der Waals surface area contributed by atoms with Gasteiger partial charge in [-0.15, -0.1) is 11.3 Å². The van der Waals surface area contributed by atoms with E-state index in [4.69, 9.17) is 5.26 Å². The number of nitrogens with zero attached hydrogens (tertiary/aromatic N) is 3. The molecule has 1 N–H and O–H groups in total. The van der Waals surface area contributed by atoms with E-state index in [9.17, 15) is 9.18 Å². The molecular formula is C22H17FN4OS. The molecule has 0 unspecified atom stereocenters. The van der Waals surface area contributed by atoms with Gasteiger partial charge < -0.3 is 4.98 Å². The summed E-state index contributed by atoms with van der Waals surface area (Å²) in [5.41, 5.74) is 2.97.